The number of hydrogen-bond acceptors (Lipinski definition) is 2. The minimum Gasteiger partial charge on any atom is -0.298 e. The van der Waals surface area contributed by atoms with Gasteiger partial charge in [-0.05, 0) is 27.1 Å². The second-order valence-corrected chi connectivity index (χ2v) is 5.70. The summed E-state index contributed by atoms with van der Waals surface area (Å²) in [5, 5.41) is 4.01. The fourth-order valence-corrected chi connectivity index (χ4v) is 3.41. The lowest BCUT2D eigenvalue weighted by atomic mass is 9.87. The average molecular weight is 310 g/mol. The van der Waals surface area contributed by atoms with Gasteiger partial charge in [-0.1, -0.05) is 72.8 Å². The van der Waals surface area contributed by atoms with Gasteiger partial charge in [0.05, 0.1) is 0 Å². The average Bonchev–Trinajstić information content (AvgIpc) is 2.67. The fourth-order valence-electron chi connectivity index (χ4n) is 3.41. The molecule has 4 aromatic rings. The van der Waals surface area contributed by atoms with Crippen molar-refractivity contribution in [2.45, 2.75) is 0 Å². The summed E-state index contributed by atoms with van der Waals surface area (Å²) in [6, 6.07) is 23.3. The number of aldehydes is 2. The highest BCUT2D eigenvalue weighted by molar-refractivity contribution is 6.21. The van der Waals surface area contributed by atoms with Gasteiger partial charge in [-0.25, -0.2) is 0 Å². The maximum absolute atomic E-state index is 12.0. The van der Waals surface area contributed by atoms with E-state index < -0.39 is 0 Å². The van der Waals surface area contributed by atoms with E-state index in [-0.39, 0.29) is 0 Å². The van der Waals surface area contributed by atoms with Crippen molar-refractivity contribution in [3.05, 3.63) is 83.9 Å². The van der Waals surface area contributed by atoms with Gasteiger partial charge in [0.25, 0.3) is 0 Å². The van der Waals surface area contributed by atoms with Crippen LogP contribution < -0.4 is 0 Å². The Labute approximate surface area is 139 Å². The summed E-state index contributed by atoms with van der Waals surface area (Å²) in [5.74, 6) is 0. The number of benzene rings is 4. The van der Waals surface area contributed by atoms with Gasteiger partial charge in [0, 0.05) is 16.7 Å². The molecule has 0 aromatic heterocycles. The molecule has 4 rings (SSSR count). The fraction of sp³-hybridized carbons (Fsp3) is 0. The molecule has 24 heavy (non-hydrogen) atoms. The van der Waals surface area contributed by atoms with E-state index in [2.05, 4.69) is 6.07 Å². The van der Waals surface area contributed by atoms with Gasteiger partial charge in [0.15, 0.2) is 12.6 Å². The third kappa shape index (κ3) is 2.04. The topological polar surface area (TPSA) is 34.1 Å². The van der Waals surface area contributed by atoms with Crippen LogP contribution in [-0.4, -0.2) is 12.6 Å². The summed E-state index contributed by atoms with van der Waals surface area (Å²) in [6.07, 6.45) is 1.74. The molecule has 0 N–H and O–H groups in total. The first kappa shape index (κ1) is 14.3. The highest BCUT2D eigenvalue weighted by atomic mass is 16.1. The van der Waals surface area contributed by atoms with Crippen molar-refractivity contribution in [1.29, 1.82) is 0 Å². The number of rotatable bonds is 3. The molecule has 0 fully saturated rings. The normalized spacial score (nSPS) is 10.8. The zero-order valence-electron chi connectivity index (χ0n) is 12.9. The van der Waals surface area contributed by atoms with E-state index in [1.54, 1.807) is 6.07 Å². The van der Waals surface area contributed by atoms with E-state index in [4.69, 9.17) is 0 Å². The third-order valence-corrected chi connectivity index (χ3v) is 4.45. The summed E-state index contributed by atoms with van der Waals surface area (Å²) in [7, 11) is 0. The molecule has 0 amide bonds. The zero-order chi connectivity index (χ0) is 16.5. The van der Waals surface area contributed by atoms with Crippen LogP contribution in [0, 0.1) is 0 Å². The summed E-state index contributed by atoms with van der Waals surface area (Å²) < 4.78 is 0. The van der Waals surface area contributed by atoms with Crippen LogP contribution in [0.3, 0.4) is 0 Å². The van der Waals surface area contributed by atoms with E-state index in [0.717, 1.165) is 45.2 Å². The second-order valence-electron chi connectivity index (χ2n) is 5.70. The Hall–Kier alpha value is -3.26. The van der Waals surface area contributed by atoms with Crippen molar-refractivity contribution < 1.29 is 9.59 Å². The maximum atomic E-state index is 12.0. The molecule has 0 radical (unpaired) electrons. The molecule has 2 nitrogen and oxygen atoms in total. The minimum absolute atomic E-state index is 0.584. The predicted molar refractivity (Wildman–Crippen MR) is 97.7 cm³/mol. The Morgan fingerprint density at radius 2 is 1.08 bits per heavy atom. The Morgan fingerprint density at radius 1 is 0.542 bits per heavy atom. The smallest absolute Gasteiger partial charge is 0.151 e. The first-order chi connectivity index (χ1) is 11.8. The lowest BCUT2D eigenvalue weighted by Gasteiger charge is -2.15. The molecule has 0 heterocycles. The van der Waals surface area contributed by atoms with E-state index in [0.29, 0.717) is 11.1 Å². The highest BCUT2D eigenvalue weighted by Crippen LogP contribution is 2.39. The number of carbonyl (C=O) groups is 2. The second kappa shape index (κ2) is 5.74. The molecule has 114 valence electrons. The highest BCUT2D eigenvalue weighted by Gasteiger charge is 2.16. The first-order valence-electron chi connectivity index (χ1n) is 7.78. The molecular formula is C22H14O2. The molecule has 0 saturated carbocycles. The van der Waals surface area contributed by atoms with Crippen LogP contribution in [0.5, 0.6) is 0 Å². The summed E-state index contributed by atoms with van der Waals surface area (Å²) >= 11 is 0. The first-order valence-corrected chi connectivity index (χ1v) is 7.78. The van der Waals surface area contributed by atoms with Crippen LogP contribution in [0.15, 0.2) is 72.8 Å². The molecule has 0 aliphatic heterocycles. The SMILES string of the molecule is O=Cc1ccccc1-c1c(C=O)c2ccccc2c2ccccc12. The molecule has 0 aliphatic rings. The van der Waals surface area contributed by atoms with E-state index in [9.17, 15) is 9.59 Å². The Kier molecular flexibility index (Phi) is 3.43. The molecular weight excluding hydrogens is 296 g/mol. The van der Waals surface area contributed by atoms with E-state index in [1.165, 1.54) is 0 Å². The molecule has 2 heteroatoms. The van der Waals surface area contributed by atoms with Crippen LogP contribution in [0.1, 0.15) is 20.7 Å². The van der Waals surface area contributed by atoms with Crippen molar-refractivity contribution >= 4 is 34.1 Å². The monoisotopic (exact) mass is 310 g/mol. The molecule has 0 bridgehead atoms. The predicted octanol–water partition coefficient (Wildman–Crippen LogP) is 5.29. The third-order valence-electron chi connectivity index (χ3n) is 4.45. The van der Waals surface area contributed by atoms with Gasteiger partial charge in [-0.2, -0.15) is 0 Å². The van der Waals surface area contributed by atoms with Crippen LogP contribution >= 0.6 is 0 Å². The van der Waals surface area contributed by atoms with E-state index >= 15 is 0 Å². The standard InChI is InChI=1S/C22H14O2/c23-13-15-7-1-2-8-16(15)22-20-12-6-5-10-18(20)17-9-3-4-11-19(17)21(22)14-24/h1-14H. The van der Waals surface area contributed by atoms with Crippen LogP contribution in [0.25, 0.3) is 32.7 Å². The lowest BCUT2D eigenvalue weighted by Crippen LogP contribution is -1.96. The number of carbonyl (C=O) groups excluding carboxylic acids is 2. The van der Waals surface area contributed by atoms with Crippen LogP contribution in [0.2, 0.25) is 0 Å². The largest absolute Gasteiger partial charge is 0.298 e. The summed E-state index contributed by atoms with van der Waals surface area (Å²) in [6.45, 7) is 0. The zero-order valence-corrected chi connectivity index (χ0v) is 12.9. The van der Waals surface area contributed by atoms with Gasteiger partial charge in [-0.3, -0.25) is 9.59 Å². The molecule has 0 unspecified atom stereocenters. The van der Waals surface area contributed by atoms with Crippen LogP contribution in [-0.2, 0) is 0 Å². The summed E-state index contributed by atoms with van der Waals surface area (Å²) in [4.78, 5) is 23.5. The van der Waals surface area contributed by atoms with Crippen molar-refractivity contribution in [1.82, 2.24) is 0 Å². The van der Waals surface area contributed by atoms with Crippen molar-refractivity contribution in [2.24, 2.45) is 0 Å². The minimum atomic E-state index is 0.584. The van der Waals surface area contributed by atoms with Gasteiger partial charge in [-0.15, -0.1) is 0 Å². The maximum Gasteiger partial charge on any atom is 0.151 e. The molecule has 4 aromatic carbocycles. The van der Waals surface area contributed by atoms with Crippen molar-refractivity contribution in [3.8, 4) is 11.1 Å². The van der Waals surface area contributed by atoms with E-state index in [1.807, 2.05) is 60.7 Å². The van der Waals surface area contributed by atoms with Gasteiger partial charge in [0.1, 0.15) is 0 Å². The van der Waals surface area contributed by atoms with Crippen LogP contribution in [0.4, 0.5) is 0 Å². The molecule has 0 aliphatic carbocycles. The Morgan fingerprint density at radius 3 is 1.75 bits per heavy atom. The quantitative estimate of drug-likeness (QED) is 0.381. The Bertz CT molecular complexity index is 1090. The molecule has 0 atom stereocenters. The summed E-state index contributed by atoms with van der Waals surface area (Å²) in [5.41, 5.74) is 2.82. The molecule has 0 saturated heterocycles. The van der Waals surface area contributed by atoms with Crippen molar-refractivity contribution in [3.63, 3.8) is 0 Å². The number of fused-ring (bicyclic) bond motifs is 3. The van der Waals surface area contributed by atoms with Gasteiger partial charge in [0.2, 0.25) is 0 Å². The molecule has 0 spiro atoms. The van der Waals surface area contributed by atoms with Crippen molar-refractivity contribution in [2.75, 3.05) is 0 Å². The van der Waals surface area contributed by atoms with Gasteiger partial charge >= 0.3 is 0 Å². The Balaban J connectivity index is 2.29. The number of hydrogen-bond donors (Lipinski definition) is 0. The lowest BCUT2D eigenvalue weighted by molar-refractivity contribution is 0.111. The van der Waals surface area contributed by atoms with Gasteiger partial charge < -0.3 is 0 Å².